The molecule has 0 aliphatic heterocycles. The van der Waals surface area contributed by atoms with Crippen LogP contribution in [0.1, 0.15) is 15.9 Å². The number of rotatable bonds is 2. The molecule has 0 atom stereocenters. The normalized spacial score (nSPS) is 9.07. The second-order valence-corrected chi connectivity index (χ2v) is 2.44. The van der Waals surface area contributed by atoms with Crippen molar-refractivity contribution in [2.24, 2.45) is 0 Å². The van der Waals surface area contributed by atoms with Crippen LogP contribution < -0.4 is 0 Å². The third kappa shape index (κ3) is 1.69. The van der Waals surface area contributed by atoms with Crippen molar-refractivity contribution in [3.05, 3.63) is 39.4 Å². The van der Waals surface area contributed by atoms with Crippen molar-refractivity contribution in [3.8, 4) is 12.3 Å². The molecule has 0 aromatic heterocycles. The Labute approximate surface area is 79.1 Å². The monoisotopic (exact) mass is 191 g/mol. The fourth-order valence-corrected chi connectivity index (χ4v) is 0.938. The summed E-state index contributed by atoms with van der Waals surface area (Å²) in [4.78, 5) is 20.3. The zero-order valence-electron chi connectivity index (χ0n) is 6.93. The maximum atomic E-state index is 10.5. The van der Waals surface area contributed by atoms with Crippen LogP contribution in [0.2, 0.25) is 0 Å². The van der Waals surface area contributed by atoms with Gasteiger partial charge in [-0.05, 0) is 12.1 Å². The first-order valence-electron chi connectivity index (χ1n) is 3.54. The van der Waals surface area contributed by atoms with Gasteiger partial charge in [0.05, 0.1) is 10.5 Å². The van der Waals surface area contributed by atoms with Gasteiger partial charge in [-0.3, -0.25) is 10.1 Å². The molecular weight excluding hydrogens is 186 g/mol. The number of carboxylic acids is 1. The lowest BCUT2D eigenvalue weighted by molar-refractivity contribution is -0.385. The van der Waals surface area contributed by atoms with Gasteiger partial charge in [0, 0.05) is 6.07 Å². The number of carboxylic acid groups (broad SMARTS) is 1. The Morgan fingerprint density at radius 1 is 1.57 bits per heavy atom. The molecule has 0 heterocycles. The van der Waals surface area contributed by atoms with Crippen LogP contribution in [-0.4, -0.2) is 16.0 Å². The van der Waals surface area contributed by atoms with Gasteiger partial charge in [0.15, 0.2) is 0 Å². The molecule has 1 aromatic rings. The van der Waals surface area contributed by atoms with E-state index in [2.05, 4.69) is 5.92 Å². The molecule has 0 amide bonds. The van der Waals surface area contributed by atoms with Gasteiger partial charge in [-0.15, -0.1) is 6.42 Å². The van der Waals surface area contributed by atoms with Crippen molar-refractivity contribution >= 4 is 11.7 Å². The summed E-state index contributed by atoms with van der Waals surface area (Å²) in [7, 11) is 0. The van der Waals surface area contributed by atoms with E-state index in [-0.39, 0.29) is 16.8 Å². The average molecular weight is 191 g/mol. The minimum Gasteiger partial charge on any atom is -0.478 e. The largest absolute Gasteiger partial charge is 0.478 e. The smallest absolute Gasteiger partial charge is 0.335 e. The molecule has 0 fully saturated rings. The summed E-state index contributed by atoms with van der Waals surface area (Å²) in [6.07, 6.45) is 5.01. The summed E-state index contributed by atoms with van der Waals surface area (Å²) < 4.78 is 0. The maximum absolute atomic E-state index is 10.5. The molecule has 0 saturated carbocycles. The Kier molecular flexibility index (Phi) is 2.49. The number of aromatic carboxylic acids is 1. The molecule has 1 aromatic carbocycles. The van der Waals surface area contributed by atoms with Crippen molar-refractivity contribution in [1.29, 1.82) is 0 Å². The molecule has 1 N–H and O–H groups in total. The van der Waals surface area contributed by atoms with Crippen molar-refractivity contribution in [2.45, 2.75) is 0 Å². The first-order chi connectivity index (χ1) is 6.56. The fraction of sp³-hybridized carbons (Fsp3) is 0. The van der Waals surface area contributed by atoms with Crippen LogP contribution >= 0.6 is 0 Å². The lowest BCUT2D eigenvalue weighted by Crippen LogP contribution is -1.99. The average Bonchev–Trinajstić information content (AvgIpc) is 2.16. The summed E-state index contributed by atoms with van der Waals surface area (Å²) in [5.74, 6) is 0.883. The van der Waals surface area contributed by atoms with Crippen LogP contribution in [-0.2, 0) is 0 Å². The van der Waals surface area contributed by atoms with Crippen LogP contribution in [0.15, 0.2) is 18.2 Å². The molecule has 0 unspecified atom stereocenters. The molecular formula is C9H5NO4. The molecule has 0 spiro atoms. The highest BCUT2D eigenvalue weighted by Crippen LogP contribution is 2.19. The molecule has 0 bridgehead atoms. The van der Waals surface area contributed by atoms with Crippen molar-refractivity contribution in [3.63, 3.8) is 0 Å². The Morgan fingerprint density at radius 2 is 2.21 bits per heavy atom. The van der Waals surface area contributed by atoms with Crippen LogP contribution in [0, 0.1) is 22.5 Å². The Bertz CT molecular complexity index is 445. The van der Waals surface area contributed by atoms with E-state index in [1.165, 1.54) is 12.1 Å². The minimum absolute atomic E-state index is 0.0694. The van der Waals surface area contributed by atoms with Gasteiger partial charge in [0.2, 0.25) is 0 Å². The zero-order chi connectivity index (χ0) is 10.7. The molecule has 70 valence electrons. The number of terminal acetylenes is 1. The number of benzene rings is 1. The summed E-state index contributed by atoms with van der Waals surface area (Å²) in [5.41, 5.74) is -0.455. The Morgan fingerprint density at radius 3 is 2.64 bits per heavy atom. The Balaban J connectivity index is 3.37. The van der Waals surface area contributed by atoms with Gasteiger partial charge in [-0.1, -0.05) is 5.92 Å². The second kappa shape index (κ2) is 3.58. The molecule has 0 aliphatic carbocycles. The SMILES string of the molecule is C#Cc1ccc(C(=O)O)cc1[N+](=O)[O-]. The van der Waals surface area contributed by atoms with Crippen molar-refractivity contribution < 1.29 is 14.8 Å². The molecule has 0 saturated heterocycles. The van der Waals surface area contributed by atoms with Crippen LogP contribution in [0.4, 0.5) is 5.69 Å². The lowest BCUT2D eigenvalue weighted by atomic mass is 10.1. The first kappa shape index (κ1) is 9.74. The van der Waals surface area contributed by atoms with Gasteiger partial charge >= 0.3 is 5.97 Å². The predicted octanol–water partition coefficient (Wildman–Crippen LogP) is 1.27. The predicted molar refractivity (Wildman–Crippen MR) is 48.0 cm³/mol. The number of hydrogen-bond donors (Lipinski definition) is 1. The van der Waals surface area contributed by atoms with Gasteiger partial charge in [-0.2, -0.15) is 0 Å². The van der Waals surface area contributed by atoms with Gasteiger partial charge in [0.25, 0.3) is 5.69 Å². The summed E-state index contributed by atoms with van der Waals surface area (Å²) in [6.45, 7) is 0. The van der Waals surface area contributed by atoms with Crippen LogP contribution in [0.3, 0.4) is 0 Å². The van der Waals surface area contributed by atoms with Crippen LogP contribution in [0.25, 0.3) is 0 Å². The highest BCUT2D eigenvalue weighted by Gasteiger charge is 2.15. The van der Waals surface area contributed by atoms with Crippen LogP contribution in [0.5, 0.6) is 0 Å². The molecule has 14 heavy (non-hydrogen) atoms. The second-order valence-electron chi connectivity index (χ2n) is 2.44. The van der Waals surface area contributed by atoms with Gasteiger partial charge in [0.1, 0.15) is 5.56 Å². The molecule has 5 heteroatoms. The highest BCUT2D eigenvalue weighted by atomic mass is 16.6. The third-order valence-corrected chi connectivity index (χ3v) is 1.60. The summed E-state index contributed by atoms with van der Waals surface area (Å²) in [5, 5.41) is 19.1. The number of nitro benzene ring substituents is 1. The van der Waals surface area contributed by atoms with E-state index in [1.807, 2.05) is 0 Å². The van der Waals surface area contributed by atoms with Crippen molar-refractivity contribution in [1.82, 2.24) is 0 Å². The molecule has 5 nitrogen and oxygen atoms in total. The lowest BCUT2D eigenvalue weighted by Gasteiger charge is -1.97. The van der Waals surface area contributed by atoms with Crippen molar-refractivity contribution in [2.75, 3.05) is 0 Å². The maximum Gasteiger partial charge on any atom is 0.335 e. The topological polar surface area (TPSA) is 80.4 Å². The minimum atomic E-state index is -1.23. The number of nitrogens with zero attached hydrogens (tertiary/aromatic N) is 1. The zero-order valence-corrected chi connectivity index (χ0v) is 6.93. The number of hydrogen-bond acceptors (Lipinski definition) is 3. The molecule has 0 aliphatic rings. The van der Waals surface area contributed by atoms with E-state index in [9.17, 15) is 14.9 Å². The van der Waals surface area contributed by atoms with E-state index in [4.69, 9.17) is 11.5 Å². The van der Waals surface area contributed by atoms with E-state index < -0.39 is 10.9 Å². The first-order valence-corrected chi connectivity index (χ1v) is 3.54. The third-order valence-electron chi connectivity index (χ3n) is 1.60. The fourth-order valence-electron chi connectivity index (χ4n) is 0.938. The summed E-state index contributed by atoms with van der Waals surface area (Å²) >= 11 is 0. The van der Waals surface area contributed by atoms with Gasteiger partial charge in [-0.25, -0.2) is 4.79 Å². The number of carbonyl (C=O) groups is 1. The van der Waals surface area contributed by atoms with Gasteiger partial charge < -0.3 is 5.11 Å². The highest BCUT2D eigenvalue weighted by molar-refractivity contribution is 5.88. The standard InChI is InChI=1S/C9H5NO4/c1-2-6-3-4-7(9(11)12)5-8(6)10(13)14/h1,3-5H,(H,11,12). The molecule has 1 rings (SSSR count). The number of nitro groups is 1. The van der Waals surface area contributed by atoms with E-state index in [1.54, 1.807) is 0 Å². The summed E-state index contributed by atoms with van der Waals surface area (Å²) in [6, 6.07) is 3.41. The van der Waals surface area contributed by atoms with E-state index in [0.29, 0.717) is 0 Å². The molecule has 0 radical (unpaired) electrons. The van der Waals surface area contributed by atoms with E-state index in [0.717, 1.165) is 6.07 Å². The quantitative estimate of drug-likeness (QED) is 0.433. The van der Waals surface area contributed by atoms with E-state index >= 15 is 0 Å². The Hall–Kier alpha value is -2.35.